The molecule has 2 heterocycles. The molecule has 0 bridgehead atoms. The number of hydrogen-bond donors (Lipinski definition) is 8. The van der Waals surface area contributed by atoms with Gasteiger partial charge in [0.1, 0.15) is 18.0 Å². The summed E-state index contributed by atoms with van der Waals surface area (Å²) in [6.45, 7) is 6.79. The summed E-state index contributed by atoms with van der Waals surface area (Å²) in [5.41, 5.74) is 0.0754. The summed E-state index contributed by atoms with van der Waals surface area (Å²) < 4.78 is 11.1. The van der Waals surface area contributed by atoms with Gasteiger partial charge in [-0.1, -0.05) is 30.4 Å². The van der Waals surface area contributed by atoms with Gasteiger partial charge in [-0.2, -0.15) is 0 Å². The molecule has 14 heteroatoms. The lowest BCUT2D eigenvalue weighted by atomic mass is 9.81. The van der Waals surface area contributed by atoms with Crippen molar-refractivity contribution in [3.63, 3.8) is 0 Å². The number of nitrogens with one attached hydrogen (secondary N) is 3. The molecule has 0 spiro atoms. The van der Waals surface area contributed by atoms with E-state index in [1.165, 1.54) is 19.1 Å². The predicted molar refractivity (Wildman–Crippen MR) is 176 cm³/mol. The van der Waals surface area contributed by atoms with Crippen LogP contribution in [-0.2, 0) is 30.4 Å². The maximum Gasteiger partial charge on any atom is 0.336 e. The second kappa shape index (κ2) is 15.5. The molecular weight excluding hydrogens is 638 g/mol. The molecule has 0 saturated carbocycles. The first-order chi connectivity index (χ1) is 23.0. The van der Waals surface area contributed by atoms with Crippen molar-refractivity contribution in [1.29, 1.82) is 0 Å². The van der Waals surface area contributed by atoms with Gasteiger partial charge in [-0.05, 0) is 61.2 Å². The van der Waals surface area contributed by atoms with E-state index in [0.29, 0.717) is 29.9 Å². The van der Waals surface area contributed by atoms with E-state index >= 15 is 0 Å². The van der Waals surface area contributed by atoms with E-state index in [4.69, 9.17) is 9.47 Å². The first kappa shape index (κ1) is 37.5. The van der Waals surface area contributed by atoms with Crippen molar-refractivity contribution in [2.75, 3.05) is 19.8 Å². The largest absolute Gasteiger partial charge is 0.507 e. The number of carbonyl (C=O) groups excluding carboxylic acids is 3. The minimum absolute atomic E-state index is 0.0458. The van der Waals surface area contributed by atoms with Crippen LogP contribution in [0.25, 0.3) is 6.08 Å². The second-order valence-corrected chi connectivity index (χ2v) is 13.2. The molecular formula is C35H45N3O11. The van der Waals surface area contributed by atoms with Crippen LogP contribution in [0.2, 0.25) is 0 Å². The van der Waals surface area contributed by atoms with Gasteiger partial charge in [-0.15, -0.1) is 0 Å². The van der Waals surface area contributed by atoms with Crippen molar-refractivity contribution in [3.8, 4) is 5.75 Å². The first-order valence-corrected chi connectivity index (χ1v) is 16.0. The Labute approximate surface area is 284 Å². The fraction of sp³-hybridized carbons (Fsp3) is 0.486. The molecule has 2 aliphatic rings. The number of ether oxygens (including phenoxy) is 2. The Morgan fingerprint density at radius 2 is 1.73 bits per heavy atom. The highest BCUT2D eigenvalue weighted by atomic mass is 16.6. The molecule has 49 heavy (non-hydrogen) atoms. The molecule has 3 amide bonds. The fourth-order valence-corrected chi connectivity index (χ4v) is 5.97. The molecule has 4 rings (SSSR count). The third-order valence-corrected chi connectivity index (χ3v) is 8.94. The van der Waals surface area contributed by atoms with E-state index in [9.17, 15) is 44.7 Å². The van der Waals surface area contributed by atoms with Gasteiger partial charge < -0.3 is 51.0 Å². The lowest BCUT2D eigenvalue weighted by Crippen LogP contribution is -2.67. The predicted octanol–water partition coefficient (Wildman–Crippen LogP) is 0.695. The van der Waals surface area contributed by atoms with Gasteiger partial charge in [0.15, 0.2) is 5.60 Å². The summed E-state index contributed by atoms with van der Waals surface area (Å²) in [4.78, 5) is 49.9. The van der Waals surface area contributed by atoms with Crippen LogP contribution in [0.3, 0.4) is 0 Å². The monoisotopic (exact) mass is 683 g/mol. The molecule has 0 aliphatic carbocycles. The van der Waals surface area contributed by atoms with E-state index in [0.717, 1.165) is 5.56 Å². The number of benzene rings is 2. The van der Waals surface area contributed by atoms with Crippen LogP contribution in [0.5, 0.6) is 5.75 Å². The molecule has 2 saturated heterocycles. The zero-order chi connectivity index (χ0) is 36.1. The zero-order valence-electron chi connectivity index (χ0n) is 27.9. The number of aliphatic hydroxyl groups is 3. The van der Waals surface area contributed by atoms with E-state index < -0.39 is 72.2 Å². The average Bonchev–Trinajstić information content (AvgIpc) is 3.04. The summed E-state index contributed by atoms with van der Waals surface area (Å²) in [6, 6.07) is 8.88. The molecule has 14 nitrogen and oxygen atoms in total. The van der Waals surface area contributed by atoms with E-state index in [2.05, 4.69) is 16.0 Å². The Balaban J connectivity index is 1.46. The van der Waals surface area contributed by atoms with Crippen LogP contribution in [0, 0.1) is 19.3 Å². The summed E-state index contributed by atoms with van der Waals surface area (Å²) in [6.07, 6.45) is -4.10. The Bertz CT molecular complexity index is 1570. The third kappa shape index (κ3) is 8.83. The van der Waals surface area contributed by atoms with Crippen molar-refractivity contribution in [2.45, 2.75) is 83.1 Å². The van der Waals surface area contributed by atoms with Crippen LogP contribution in [0.4, 0.5) is 0 Å². The molecule has 0 aromatic heterocycles. The lowest BCUT2D eigenvalue weighted by Gasteiger charge is -2.47. The standard InChI is InChI=1S/C35H45N3O11/c1-19-11-24(12-20(2)28(19)42)31(44)36-16-26(41)29(43)30-27(38-21(3)39)25(40)14-35(49-30,33(46)47)10-6-9-22-7-5-8-23(13-22)15-37-32(45)34(4)17-48-18-34/h5-9,11-13,25-27,29-30,40-43H,10,14-18H2,1-4H3,(H,36,44)(H,37,45)(H,38,39)(H,46,47)/b9-6+/t25-,26+,27+,29+,30+,35+/m0/s1. The summed E-state index contributed by atoms with van der Waals surface area (Å²) >= 11 is 0. The highest BCUT2D eigenvalue weighted by Gasteiger charge is 2.54. The van der Waals surface area contributed by atoms with Crippen LogP contribution < -0.4 is 16.0 Å². The van der Waals surface area contributed by atoms with E-state index in [-0.39, 0.29) is 30.2 Å². The number of phenols is 1. The quantitative estimate of drug-likeness (QED) is 0.147. The Morgan fingerprint density at radius 3 is 2.33 bits per heavy atom. The van der Waals surface area contributed by atoms with Crippen LogP contribution in [-0.4, -0.2) is 105 Å². The first-order valence-electron chi connectivity index (χ1n) is 16.0. The molecule has 2 aromatic rings. The number of aliphatic carboxylic acids is 1. The highest BCUT2D eigenvalue weighted by Crippen LogP contribution is 2.35. The second-order valence-electron chi connectivity index (χ2n) is 13.2. The summed E-state index contributed by atoms with van der Waals surface area (Å²) in [7, 11) is 0. The normalized spacial score (nSPS) is 24.3. The van der Waals surface area contributed by atoms with Crippen LogP contribution >= 0.6 is 0 Å². The van der Waals surface area contributed by atoms with Crippen LogP contribution in [0.1, 0.15) is 59.3 Å². The SMILES string of the molecule is CC(=O)N[C@H]1[C@H]([C@H](O)[C@H](O)CNC(=O)c2cc(C)c(O)c(C)c2)O[C@@](C/C=C/c2cccc(CNC(=O)C3(C)COC3)c2)(C(=O)O)C[C@@H]1O. The molecule has 2 fully saturated rings. The molecule has 0 radical (unpaired) electrons. The number of aromatic hydroxyl groups is 1. The minimum Gasteiger partial charge on any atom is -0.507 e. The lowest BCUT2D eigenvalue weighted by molar-refractivity contribution is -0.226. The van der Waals surface area contributed by atoms with Crippen molar-refractivity contribution in [2.24, 2.45) is 5.41 Å². The molecule has 266 valence electrons. The summed E-state index contributed by atoms with van der Waals surface area (Å²) in [5.74, 6) is -2.68. The molecule has 2 aliphatic heterocycles. The maximum atomic E-state index is 12.8. The smallest absolute Gasteiger partial charge is 0.336 e. The topological polar surface area (TPSA) is 224 Å². The van der Waals surface area contributed by atoms with Crippen molar-refractivity contribution >= 4 is 29.8 Å². The van der Waals surface area contributed by atoms with Gasteiger partial charge in [-0.3, -0.25) is 14.4 Å². The number of carboxylic acids is 1. The highest BCUT2D eigenvalue weighted by molar-refractivity contribution is 5.95. The summed E-state index contributed by atoms with van der Waals surface area (Å²) in [5, 5.41) is 61.3. The third-order valence-electron chi connectivity index (χ3n) is 8.94. The van der Waals surface area contributed by atoms with Crippen molar-refractivity contribution in [1.82, 2.24) is 16.0 Å². The van der Waals surface area contributed by atoms with Gasteiger partial charge in [0.25, 0.3) is 5.91 Å². The van der Waals surface area contributed by atoms with Gasteiger partial charge in [-0.25, -0.2) is 4.79 Å². The number of amides is 3. The minimum atomic E-state index is -2.05. The number of phenolic OH excluding ortho intramolecular Hbond substituents is 1. The molecule has 0 unspecified atom stereocenters. The van der Waals surface area contributed by atoms with Gasteiger partial charge >= 0.3 is 5.97 Å². The number of rotatable bonds is 13. The van der Waals surface area contributed by atoms with Crippen molar-refractivity contribution in [3.05, 3.63) is 70.3 Å². The Morgan fingerprint density at radius 1 is 1.06 bits per heavy atom. The number of hydrogen-bond acceptors (Lipinski definition) is 10. The molecule has 8 N–H and O–H groups in total. The van der Waals surface area contributed by atoms with Crippen molar-refractivity contribution < 1.29 is 54.2 Å². The zero-order valence-corrected chi connectivity index (χ0v) is 27.9. The number of carbonyl (C=O) groups is 4. The van der Waals surface area contributed by atoms with E-state index in [1.807, 2.05) is 19.1 Å². The average molecular weight is 684 g/mol. The molecule has 6 atom stereocenters. The number of aryl methyl sites for hydroxylation is 2. The van der Waals surface area contributed by atoms with Gasteiger partial charge in [0, 0.05) is 38.4 Å². The van der Waals surface area contributed by atoms with Crippen LogP contribution in [0.15, 0.2) is 42.5 Å². The molecule has 2 aromatic carbocycles. The Hall–Kier alpha value is -4.34. The number of aliphatic hydroxyl groups excluding tert-OH is 3. The van der Waals surface area contributed by atoms with Gasteiger partial charge in [0.2, 0.25) is 11.8 Å². The Kier molecular flexibility index (Phi) is 11.8. The maximum absolute atomic E-state index is 12.8. The van der Waals surface area contributed by atoms with Gasteiger partial charge in [0.05, 0.1) is 36.9 Å². The fourth-order valence-electron chi connectivity index (χ4n) is 5.97. The van der Waals surface area contributed by atoms with E-state index in [1.54, 1.807) is 38.1 Å². The number of carboxylic acid groups (broad SMARTS) is 1.